The number of halogens is 1. The van der Waals surface area contributed by atoms with Gasteiger partial charge in [0.15, 0.2) is 0 Å². The van der Waals surface area contributed by atoms with Crippen molar-refractivity contribution in [2.75, 3.05) is 6.54 Å². The number of hydrogen-bond acceptors (Lipinski definition) is 3. The highest BCUT2D eigenvalue weighted by molar-refractivity contribution is 9.10. The largest absolute Gasteiger partial charge is 0.393 e. The molecule has 0 saturated heterocycles. The van der Waals surface area contributed by atoms with Crippen LogP contribution in [0.2, 0.25) is 0 Å². The van der Waals surface area contributed by atoms with E-state index in [1.54, 1.807) is 0 Å². The second-order valence-corrected chi connectivity index (χ2v) is 6.91. The van der Waals surface area contributed by atoms with Gasteiger partial charge in [-0.15, -0.1) is 0 Å². The molecule has 3 atom stereocenters. The van der Waals surface area contributed by atoms with Crippen molar-refractivity contribution in [3.8, 4) is 0 Å². The highest BCUT2D eigenvalue weighted by Gasteiger charge is 2.22. The summed E-state index contributed by atoms with van der Waals surface area (Å²) >= 11 is 3.41. The van der Waals surface area contributed by atoms with Gasteiger partial charge in [0.2, 0.25) is 0 Å². The number of rotatable bonds is 7. The van der Waals surface area contributed by atoms with Gasteiger partial charge < -0.3 is 10.4 Å². The van der Waals surface area contributed by atoms with Gasteiger partial charge in [-0.05, 0) is 61.0 Å². The van der Waals surface area contributed by atoms with Crippen LogP contribution in [0.15, 0.2) is 16.9 Å². The van der Waals surface area contributed by atoms with Gasteiger partial charge in [0.05, 0.1) is 23.3 Å². The van der Waals surface area contributed by atoms with Gasteiger partial charge in [0.1, 0.15) is 0 Å². The number of nitrogens with zero attached hydrogens (tertiary/aromatic N) is 2. The third kappa shape index (κ3) is 5.19. The maximum atomic E-state index is 9.94. The van der Waals surface area contributed by atoms with Crippen molar-refractivity contribution in [3.05, 3.63) is 16.9 Å². The Morgan fingerprint density at radius 2 is 2.30 bits per heavy atom. The molecule has 0 spiro atoms. The first-order valence-electron chi connectivity index (χ1n) is 7.74. The van der Waals surface area contributed by atoms with E-state index in [4.69, 9.17) is 0 Å². The van der Waals surface area contributed by atoms with E-state index in [0.29, 0.717) is 12.0 Å². The third-order valence-electron chi connectivity index (χ3n) is 4.18. The predicted molar refractivity (Wildman–Crippen MR) is 84.6 cm³/mol. The quantitative estimate of drug-likeness (QED) is 0.748. The van der Waals surface area contributed by atoms with E-state index in [-0.39, 0.29) is 6.10 Å². The van der Waals surface area contributed by atoms with Crippen molar-refractivity contribution in [1.82, 2.24) is 15.1 Å². The Hall–Kier alpha value is -0.390. The lowest BCUT2D eigenvalue weighted by atomic mass is 9.83. The lowest BCUT2D eigenvalue weighted by Crippen LogP contribution is -2.32. The molecule has 1 aromatic heterocycles. The number of aliphatic hydroxyl groups is 1. The molecule has 1 aliphatic rings. The summed E-state index contributed by atoms with van der Waals surface area (Å²) in [4.78, 5) is 0. The van der Waals surface area contributed by atoms with Crippen LogP contribution in [-0.2, 0) is 6.54 Å². The summed E-state index contributed by atoms with van der Waals surface area (Å²) in [6, 6.07) is 0.415. The third-order valence-corrected chi connectivity index (χ3v) is 4.59. The fourth-order valence-electron chi connectivity index (χ4n) is 3.02. The summed E-state index contributed by atoms with van der Waals surface area (Å²) in [6.45, 7) is 4.09. The molecule has 4 nitrogen and oxygen atoms in total. The minimum atomic E-state index is -0.0532. The average molecular weight is 344 g/mol. The van der Waals surface area contributed by atoms with E-state index < -0.39 is 0 Å². The first-order chi connectivity index (χ1) is 9.65. The van der Waals surface area contributed by atoms with Crippen LogP contribution in [0.1, 0.15) is 45.4 Å². The molecule has 1 heterocycles. The minimum absolute atomic E-state index is 0.0532. The van der Waals surface area contributed by atoms with E-state index >= 15 is 0 Å². The first kappa shape index (κ1) is 16.0. The molecule has 0 bridgehead atoms. The molecule has 2 N–H and O–H groups in total. The Kier molecular flexibility index (Phi) is 6.52. The Bertz CT molecular complexity index is 396. The Morgan fingerprint density at radius 3 is 3.00 bits per heavy atom. The normalized spacial score (nSPS) is 24.8. The van der Waals surface area contributed by atoms with Gasteiger partial charge in [0, 0.05) is 12.2 Å². The number of aromatic nitrogens is 2. The molecular formula is C15H26BrN3O. The van der Waals surface area contributed by atoms with Gasteiger partial charge in [0.25, 0.3) is 0 Å². The van der Waals surface area contributed by atoms with Crippen LogP contribution in [-0.4, -0.2) is 33.6 Å². The van der Waals surface area contributed by atoms with Crippen molar-refractivity contribution < 1.29 is 5.11 Å². The molecule has 0 aliphatic heterocycles. The van der Waals surface area contributed by atoms with Crippen LogP contribution in [0, 0.1) is 5.92 Å². The minimum Gasteiger partial charge on any atom is -0.393 e. The molecule has 5 heteroatoms. The van der Waals surface area contributed by atoms with Crippen LogP contribution in [0.4, 0.5) is 0 Å². The van der Waals surface area contributed by atoms with Gasteiger partial charge >= 0.3 is 0 Å². The maximum Gasteiger partial charge on any atom is 0.0632 e. The molecule has 1 saturated carbocycles. The molecule has 0 radical (unpaired) electrons. The van der Waals surface area contributed by atoms with Gasteiger partial charge in [-0.25, -0.2) is 0 Å². The fourth-order valence-corrected chi connectivity index (χ4v) is 3.35. The summed E-state index contributed by atoms with van der Waals surface area (Å²) in [5.41, 5.74) is 0. The molecule has 1 aliphatic carbocycles. The monoisotopic (exact) mass is 343 g/mol. The highest BCUT2D eigenvalue weighted by atomic mass is 79.9. The van der Waals surface area contributed by atoms with E-state index in [1.165, 1.54) is 19.3 Å². The topological polar surface area (TPSA) is 50.1 Å². The molecule has 2 rings (SSSR count). The summed E-state index contributed by atoms with van der Waals surface area (Å²) in [5.74, 6) is 0.530. The van der Waals surface area contributed by atoms with Gasteiger partial charge in [-0.2, -0.15) is 5.10 Å². The zero-order valence-corrected chi connectivity index (χ0v) is 13.8. The van der Waals surface area contributed by atoms with Crippen molar-refractivity contribution in [1.29, 1.82) is 0 Å². The predicted octanol–water partition coefficient (Wildman–Crippen LogP) is 2.96. The number of aliphatic hydroxyl groups excluding tert-OH is 1. The smallest absolute Gasteiger partial charge is 0.0632 e. The Morgan fingerprint density at radius 1 is 1.50 bits per heavy atom. The molecule has 0 amide bonds. The van der Waals surface area contributed by atoms with Crippen LogP contribution in [0.5, 0.6) is 0 Å². The van der Waals surface area contributed by atoms with Crippen molar-refractivity contribution in [2.24, 2.45) is 5.92 Å². The lowest BCUT2D eigenvalue weighted by molar-refractivity contribution is 0.0642. The maximum absolute atomic E-state index is 9.94. The summed E-state index contributed by atoms with van der Waals surface area (Å²) in [6.07, 6.45) is 10.8. The molecule has 1 fully saturated rings. The number of hydrogen-bond donors (Lipinski definition) is 2. The zero-order chi connectivity index (χ0) is 14.4. The lowest BCUT2D eigenvalue weighted by Gasteiger charge is -2.27. The van der Waals surface area contributed by atoms with Crippen LogP contribution >= 0.6 is 15.9 Å². The van der Waals surface area contributed by atoms with E-state index in [2.05, 4.69) is 33.3 Å². The Labute approximate surface area is 130 Å². The van der Waals surface area contributed by atoms with Crippen molar-refractivity contribution in [3.63, 3.8) is 0 Å². The molecule has 20 heavy (non-hydrogen) atoms. The number of nitrogens with one attached hydrogen (secondary N) is 1. The second-order valence-electron chi connectivity index (χ2n) is 5.99. The Balaban J connectivity index is 1.58. The second kappa shape index (κ2) is 8.15. The van der Waals surface area contributed by atoms with Crippen molar-refractivity contribution >= 4 is 15.9 Å². The van der Waals surface area contributed by atoms with E-state index in [9.17, 15) is 5.11 Å². The molecule has 114 valence electrons. The fraction of sp³-hybridized carbons (Fsp3) is 0.800. The van der Waals surface area contributed by atoms with Crippen molar-refractivity contribution in [2.45, 2.75) is 64.1 Å². The van der Waals surface area contributed by atoms with E-state index in [0.717, 1.165) is 36.8 Å². The standard InChI is InChI=1S/C15H26BrN3O/c1-12(10-19-11-14(16)9-18-19)17-8-4-6-13-5-2-3-7-15(13)20/h9,11-13,15,17,20H,2-8,10H2,1H3. The SMILES string of the molecule is CC(Cn1cc(Br)cn1)NCCCC1CCCCC1O. The molecule has 3 unspecified atom stereocenters. The summed E-state index contributed by atoms with van der Waals surface area (Å²) in [5, 5.41) is 17.7. The zero-order valence-electron chi connectivity index (χ0n) is 12.3. The van der Waals surface area contributed by atoms with Crippen LogP contribution < -0.4 is 5.32 Å². The van der Waals surface area contributed by atoms with E-state index in [1.807, 2.05) is 17.1 Å². The molecule has 0 aromatic carbocycles. The molecular weight excluding hydrogens is 318 g/mol. The average Bonchev–Trinajstić information content (AvgIpc) is 2.82. The highest BCUT2D eigenvalue weighted by Crippen LogP contribution is 2.27. The summed E-state index contributed by atoms with van der Waals surface area (Å²) < 4.78 is 2.98. The molecule has 1 aromatic rings. The summed E-state index contributed by atoms with van der Waals surface area (Å²) in [7, 11) is 0. The van der Waals surface area contributed by atoms with Gasteiger partial charge in [-0.3, -0.25) is 4.68 Å². The van der Waals surface area contributed by atoms with Crippen LogP contribution in [0.3, 0.4) is 0 Å². The first-order valence-corrected chi connectivity index (χ1v) is 8.54. The van der Waals surface area contributed by atoms with Crippen LogP contribution in [0.25, 0.3) is 0 Å². The van der Waals surface area contributed by atoms with Gasteiger partial charge in [-0.1, -0.05) is 12.8 Å².